The summed E-state index contributed by atoms with van der Waals surface area (Å²) < 4.78 is 0. The SMILES string of the molecule is CCCNNC(=O)c1ccc(C2CCN(CC3CCN(c4cccc5c4C(=O)N(C4CCC(=O)NC4=O)C5=O)CC3)CC2)cn1. The minimum Gasteiger partial charge on any atom is -0.371 e. The number of imide groups is 2. The molecule has 0 aliphatic carbocycles. The lowest BCUT2D eigenvalue weighted by atomic mass is 9.89. The number of amides is 5. The van der Waals surface area contributed by atoms with E-state index >= 15 is 0 Å². The first-order valence-electron chi connectivity index (χ1n) is 16.1. The van der Waals surface area contributed by atoms with Gasteiger partial charge in [-0.3, -0.25) is 44.6 Å². The molecule has 12 heteroatoms. The fourth-order valence-electron chi connectivity index (χ4n) is 7.04. The van der Waals surface area contributed by atoms with Crippen LogP contribution in [0.2, 0.25) is 0 Å². The Hall–Kier alpha value is -4.16. The van der Waals surface area contributed by atoms with E-state index in [4.69, 9.17) is 0 Å². The number of nitrogens with one attached hydrogen (secondary N) is 3. The van der Waals surface area contributed by atoms with Gasteiger partial charge in [0.25, 0.3) is 17.7 Å². The molecule has 1 unspecified atom stereocenters. The van der Waals surface area contributed by atoms with E-state index in [9.17, 15) is 24.0 Å². The highest BCUT2D eigenvalue weighted by Gasteiger charge is 2.46. The summed E-state index contributed by atoms with van der Waals surface area (Å²) in [6.07, 6.45) is 7.11. The lowest BCUT2D eigenvalue weighted by Crippen LogP contribution is -2.54. The summed E-state index contributed by atoms with van der Waals surface area (Å²) in [6.45, 7) is 7.41. The van der Waals surface area contributed by atoms with Gasteiger partial charge in [0.1, 0.15) is 11.7 Å². The van der Waals surface area contributed by atoms with Gasteiger partial charge < -0.3 is 9.80 Å². The summed E-state index contributed by atoms with van der Waals surface area (Å²) in [7, 11) is 0. The monoisotopic (exact) mass is 615 g/mol. The number of hydrazine groups is 1. The molecule has 1 aromatic carbocycles. The third kappa shape index (κ3) is 6.48. The third-order valence-corrected chi connectivity index (χ3v) is 9.57. The largest absolute Gasteiger partial charge is 0.371 e. The van der Waals surface area contributed by atoms with Gasteiger partial charge in [0, 0.05) is 38.8 Å². The van der Waals surface area contributed by atoms with Crippen LogP contribution in [0.25, 0.3) is 0 Å². The van der Waals surface area contributed by atoms with Crippen LogP contribution in [0.3, 0.4) is 0 Å². The Morgan fingerprint density at radius 2 is 1.73 bits per heavy atom. The van der Waals surface area contributed by atoms with Crippen molar-refractivity contribution in [1.82, 2.24) is 31.0 Å². The zero-order valence-corrected chi connectivity index (χ0v) is 25.7. The van der Waals surface area contributed by atoms with Gasteiger partial charge in [-0.25, -0.2) is 5.43 Å². The molecule has 45 heavy (non-hydrogen) atoms. The maximum Gasteiger partial charge on any atom is 0.283 e. The number of carbonyl (C=O) groups excluding carboxylic acids is 5. The van der Waals surface area contributed by atoms with Crippen LogP contribution in [0, 0.1) is 5.92 Å². The fraction of sp³-hybridized carbons (Fsp3) is 0.515. The zero-order chi connectivity index (χ0) is 31.5. The Morgan fingerprint density at radius 1 is 0.956 bits per heavy atom. The van der Waals surface area contributed by atoms with Crippen LogP contribution in [-0.4, -0.2) is 89.6 Å². The van der Waals surface area contributed by atoms with E-state index in [1.807, 2.05) is 25.3 Å². The van der Waals surface area contributed by atoms with E-state index < -0.39 is 23.8 Å². The van der Waals surface area contributed by atoms with Gasteiger partial charge in [-0.05, 0) is 87.2 Å². The molecular weight excluding hydrogens is 574 g/mol. The first kappa shape index (κ1) is 30.8. The van der Waals surface area contributed by atoms with Crippen LogP contribution in [0.5, 0.6) is 0 Å². The number of carbonyl (C=O) groups is 5. The predicted octanol–water partition coefficient (Wildman–Crippen LogP) is 2.22. The van der Waals surface area contributed by atoms with Crippen LogP contribution in [-0.2, 0) is 9.59 Å². The van der Waals surface area contributed by atoms with Crippen molar-refractivity contribution in [1.29, 1.82) is 0 Å². The van der Waals surface area contributed by atoms with Crippen molar-refractivity contribution in [2.24, 2.45) is 5.92 Å². The highest BCUT2D eigenvalue weighted by Crippen LogP contribution is 2.36. The molecule has 12 nitrogen and oxygen atoms in total. The van der Waals surface area contributed by atoms with Crippen molar-refractivity contribution in [3.63, 3.8) is 0 Å². The standard InChI is InChI=1S/C33H41N7O5/c1-2-14-35-37-30(42)25-7-6-23(19-34-25)22-12-15-38(16-13-22)20-21-10-17-39(18-11-21)26-5-3-4-24-29(26)33(45)40(32(24)44)27-8-9-28(41)36-31(27)43/h3-7,19,21-22,27,35H,2,8-18,20H2,1H3,(H,37,42)(H,36,41,43). The second kappa shape index (κ2) is 13.5. The summed E-state index contributed by atoms with van der Waals surface area (Å²) in [5.41, 5.74) is 8.59. The van der Waals surface area contributed by atoms with Crippen LogP contribution in [0.1, 0.15) is 94.6 Å². The Bertz CT molecular complexity index is 1460. The molecule has 0 bridgehead atoms. The molecule has 2 aromatic rings. The molecule has 6 rings (SSSR count). The van der Waals surface area contributed by atoms with Crippen molar-refractivity contribution in [3.8, 4) is 0 Å². The molecule has 0 radical (unpaired) electrons. The van der Waals surface area contributed by atoms with Gasteiger partial charge >= 0.3 is 0 Å². The highest BCUT2D eigenvalue weighted by molar-refractivity contribution is 6.25. The number of fused-ring (bicyclic) bond motifs is 1. The van der Waals surface area contributed by atoms with Crippen LogP contribution in [0.15, 0.2) is 36.5 Å². The van der Waals surface area contributed by atoms with Crippen LogP contribution >= 0.6 is 0 Å². The maximum atomic E-state index is 13.5. The van der Waals surface area contributed by atoms with Crippen LogP contribution < -0.4 is 21.1 Å². The molecule has 3 fully saturated rings. The number of hydrogen-bond acceptors (Lipinski definition) is 9. The summed E-state index contributed by atoms with van der Waals surface area (Å²) in [5, 5.41) is 2.26. The average molecular weight is 616 g/mol. The second-order valence-corrected chi connectivity index (χ2v) is 12.5. The van der Waals surface area contributed by atoms with E-state index in [1.54, 1.807) is 18.2 Å². The van der Waals surface area contributed by atoms with Gasteiger partial charge in [-0.1, -0.05) is 19.1 Å². The number of piperidine rings is 3. The average Bonchev–Trinajstić information content (AvgIpc) is 3.31. The Kier molecular flexibility index (Phi) is 9.22. The fourth-order valence-corrected chi connectivity index (χ4v) is 7.04. The zero-order valence-electron chi connectivity index (χ0n) is 25.7. The van der Waals surface area contributed by atoms with Crippen LogP contribution in [0.4, 0.5) is 5.69 Å². The molecule has 0 spiro atoms. The number of anilines is 1. The quantitative estimate of drug-likeness (QED) is 0.220. The number of nitrogens with zero attached hydrogens (tertiary/aromatic N) is 4. The number of benzene rings is 1. The lowest BCUT2D eigenvalue weighted by molar-refractivity contribution is -0.136. The Labute approximate surface area is 262 Å². The van der Waals surface area contributed by atoms with Crippen molar-refractivity contribution in [2.75, 3.05) is 44.2 Å². The minimum absolute atomic E-state index is 0.101. The van der Waals surface area contributed by atoms with Gasteiger partial charge in [0.15, 0.2) is 0 Å². The maximum absolute atomic E-state index is 13.5. The molecule has 3 N–H and O–H groups in total. The normalized spacial score (nSPS) is 21.7. The smallest absolute Gasteiger partial charge is 0.283 e. The summed E-state index contributed by atoms with van der Waals surface area (Å²) in [5.74, 6) is -1.14. The molecule has 5 amide bonds. The minimum atomic E-state index is -0.965. The summed E-state index contributed by atoms with van der Waals surface area (Å²) in [6, 6.07) is 8.20. The van der Waals surface area contributed by atoms with Crippen molar-refractivity contribution >= 4 is 35.2 Å². The molecule has 4 aliphatic rings. The Morgan fingerprint density at radius 3 is 2.42 bits per heavy atom. The van der Waals surface area contributed by atoms with E-state index in [-0.39, 0.29) is 24.7 Å². The van der Waals surface area contributed by atoms with E-state index in [2.05, 4.69) is 31.0 Å². The second-order valence-electron chi connectivity index (χ2n) is 12.5. The summed E-state index contributed by atoms with van der Waals surface area (Å²) >= 11 is 0. The number of aromatic nitrogens is 1. The molecule has 3 saturated heterocycles. The Balaban J connectivity index is 0.997. The topological polar surface area (TPSA) is 144 Å². The van der Waals surface area contributed by atoms with Gasteiger partial charge in [0.05, 0.1) is 16.8 Å². The molecular formula is C33H41N7O5. The number of rotatable bonds is 9. The first-order valence-corrected chi connectivity index (χ1v) is 16.1. The van der Waals surface area contributed by atoms with E-state index in [0.717, 1.165) is 75.4 Å². The third-order valence-electron chi connectivity index (χ3n) is 9.57. The summed E-state index contributed by atoms with van der Waals surface area (Å²) in [4.78, 5) is 73.2. The van der Waals surface area contributed by atoms with E-state index in [0.29, 0.717) is 35.2 Å². The highest BCUT2D eigenvalue weighted by atomic mass is 16.2. The predicted molar refractivity (Wildman–Crippen MR) is 166 cm³/mol. The van der Waals surface area contributed by atoms with Gasteiger partial charge in [0.2, 0.25) is 11.8 Å². The number of hydrogen-bond donors (Lipinski definition) is 3. The molecule has 4 aliphatic heterocycles. The molecule has 0 saturated carbocycles. The lowest BCUT2D eigenvalue weighted by Gasteiger charge is -2.38. The first-order chi connectivity index (χ1) is 21.8. The number of likely N-dealkylation sites (tertiary alicyclic amines) is 1. The molecule has 1 atom stereocenters. The molecule has 1 aromatic heterocycles. The van der Waals surface area contributed by atoms with Gasteiger partial charge in [-0.15, -0.1) is 0 Å². The van der Waals surface area contributed by atoms with Crippen molar-refractivity contribution < 1.29 is 24.0 Å². The van der Waals surface area contributed by atoms with Crippen molar-refractivity contribution in [2.45, 2.75) is 63.8 Å². The number of pyridine rings is 1. The molecule has 5 heterocycles. The van der Waals surface area contributed by atoms with Gasteiger partial charge in [-0.2, -0.15) is 0 Å². The van der Waals surface area contributed by atoms with E-state index in [1.165, 1.54) is 5.56 Å². The molecule has 238 valence electrons. The van der Waals surface area contributed by atoms with Crippen molar-refractivity contribution in [3.05, 3.63) is 58.9 Å².